The van der Waals surface area contributed by atoms with Gasteiger partial charge in [0.2, 0.25) is 0 Å². The molecule has 0 spiro atoms. The van der Waals surface area contributed by atoms with Crippen LogP contribution >= 0.6 is 51.2 Å². The SMILES string of the molecule is CN=C(NCc1nc(C(F)(F)F)cs1)N(C)Cc1ccccc1Br.I. The quantitative estimate of drug-likeness (QED) is 0.340. The number of aromatic nitrogens is 1. The van der Waals surface area contributed by atoms with Crippen LogP contribution in [-0.2, 0) is 19.3 Å². The molecule has 0 aliphatic rings. The molecule has 1 aromatic heterocycles. The minimum atomic E-state index is -4.41. The molecule has 1 N–H and O–H groups in total. The van der Waals surface area contributed by atoms with Crippen molar-refractivity contribution in [3.05, 3.63) is 50.4 Å². The van der Waals surface area contributed by atoms with Gasteiger partial charge in [-0.15, -0.1) is 35.3 Å². The topological polar surface area (TPSA) is 40.5 Å². The summed E-state index contributed by atoms with van der Waals surface area (Å²) in [5.74, 6) is 0.578. The van der Waals surface area contributed by atoms with Crippen molar-refractivity contribution in [3.63, 3.8) is 0 Å². The summed E-state index contributed by atoms with van der Waals surface area (Å²) in [7, 11) is 3.49. The molecule has 0 aliphatic heterocycles. The molecule has 0 unspecified atom stereocenters. The normalized spacial score (nSPS) is 11.8. The highest BCUT2D eigenvalue weighted by Crippen LogP contribution is 2.29. The first kappa shape index (κ1) is 22.2. The lowest BCUT2D eigenvalue weighted by Crippen LogP contribution is -2.38. The number of benzene rings is 1. The molecule has 25 heavy (non-hydrogen) atoms. The van der Waals surface area contributed by atoms with Crippen molar-refractivity contribution in [2.45, 2.75) is 19.3 Å². The van der Waals surface area contributed by atoms with Crippen molar-refractivity contribution in [3.8, 4) is 0 Å². The van der Waals surface area contributed by atoms with E-state index in [1.165, 1.54) is 0 Å². The molecule has 138 valence electrons. The Bertz CT molecular complexity index is 721. The largest absolute Gasteiger partial charge is 0.434 e. The Labute approximate surface area is 173 Å². The Kier molecular flexibility index (Phi) is 8.61. The lowest BCUT2D eigenvalue weighted by molar-refractivity contribution is -0.140. The molecule has 0 amide bonds. The van der Waals surface area contributed by atoms with Crippen molar-refractivity contribution in [1.82, 2.24) is 15.2 Å². The van der Waals surface area contributed by atoms with E-state index in [1.807, 2.05) is 36.2 Å². The Morgan fingerprint density at radius 3 is 2.60 bits per heavy atom. The number of rotatable bonds is 4. The Morgan fingerprint density at radius 1 is 1.36 bits per heavy atom. The van der Waals surface area contributed by atoms with Gasteiger partial charge < -0.3 is 10.2 Å². The van der Waals surface area contributed by atoms with Crippen LogP contribution in [0.3, 0.4) is 0 Å². The van der Waals surface area contributed by atoms with E-state index < -0.39 is 11.9 Å². The van der Waals surface area contributed by atoms with Gasteiger partial charge in [-0.1, -0.05) is 34.1 Å². The molecule has 0 atom stereocenters. The number of guanidine groups is 1. The molecule has 2 aromatic rings. The van der Waals surface area contributed by atoms with Gasteiger partial charge in [-0.3, -0.25) is 4.99 Å². The molecule has 0 saturated carbocycles. The second-order valence-electron chi connectivity index (χ2n) is 4.97. The predicted octanol–water partition coefficient (Wildman–Crippen LogP) is 4.75. The van der Waals surface area contributed by atoms with Gasteiger partial charge in [0.25, 0.3) is 0 Å². The van der Waals surface area contributed by atoms with E-state index in [1.54, 1.807) is 7.05 Å². The maximum absolute atomic E-state index is 12.6. The van der Waals surface area contributed by atoms with Crippen LogP contribution in [0.5, 0.6) is 0 Å². The molecular formula is C15H17BrF3IN4S. The van der Waals surface area contributed by atoms with Gasteiger partial charge in [0.05, 0.1) is 6.54 Å². The standard InChI is InChI=1S/C15H16BrF3N4S.HI/c1-20-14(23(2)8-10-5-3-4-6-11(10)16)21-7-13-22-12(9-24-13)15(17,18)19;/h3-6,9H,7-8H2,1-2H3,(H,20,21);1H. The van der Waals surface area contributed by atoms with Gasteiger partial charge in [-0.25, -0.2) is 4.98 Å². The molecule has 4 nitrogen and oxygen atoms in total. The number of hydrogen-bond donors (Lipinski definition) is 1. The molecule has 2 rings (SSSR count). The monoisotopic (exact) mass is 548 g/mol. The van der Waals surface area contributed by atoms with Crippen molar-refractivity contribution in [2.75, 3.05) is 14.1 Å². The zero-order chi connectivity index (χ0) is 17.7. The van der Waals surface area contributed by atoms with Gasteiger partial charge in [0.1, 0.15) is 5.01 Å². The van der Waals surface area contributed by atoms with Crippen molar-refractivity contribution >= 4 is 57.2 Å². The third-order valence-corrected chi connectivity index (χ3v) is 4.80. The molecule has 0 radical (unpaired) electrons. The second-order valence-corrected chi connectivity index (χ2v) is 6.77. The third kappa shape index (κ3) is 6.41. The minimum Gasteiger partial charge on any atom is -0.350 e. The van der Waals surface area contributed by atoms with Crippen molar-refractivity contribution in [2.24, 2.45) is 4.99 Å². The van der Waals surface area contributed by atoms with Crippen molar-refractivity contribution < 1.29 is 13.2 Å². The first-order valence-electron chi connectivity index (χ1n) is 6.98. The lowest BCUT2D eigenvalue weighted by Gasteiger charge is -2.22. The summed E-state index contributed by atoms with van der Waals surface area (Å²) in [6, 6.07) is 7.82. The summed E-state index contributed by atoms with van der Waals surface area (Å²) >= 11 is 4.46. The lowest BCUT2D eigenvalue weighted by atomic mass is 10.2. The summed E-state index contributed by atoms with van der Waals surface area (Å²) < 4.78 is 38.7. The molecular weight excluding hydrogens is 532 g/mol. The predicted molar refractivity (Wildman–Crippen MR) is 108 cm³/mol. The number of nitrogens with one attached hydrogen (secondary N) is 1. The molecule has 1 aromatic carbocycles. The minimum absolute atomic E-state index is 0. The van der Waals surface area contributed by atoms with E-state index >= 15 is 0 Å². The fourth-order valence-corrected chi connectivity index (χ4v) is 3.17. The zero-order valence-electron chi connectivity index (χ0n) is 13.5. The molecule has 0 fully saturated rings. The van der Waals surface area contributed by atoms with Crippen LogP contribution in [0.15, 0.2) is 39.1 Å². The molecule has 0 saturated heterocycles. The first-order valence-corrected chi connectivity index (χ1v) is 8.65. The van der Waals surface area contributed by atoms with E-state index in [2.05, 4.69) is 31.2 Å². The summed E-state index contributed by atoms with van der Waals surface area (Å²) in [6.45, 7) is 0.792. The maximum atomic E-state index is 12.6. The van der Waals surface area contributed by atoms with E-state index in [-0.39, 0.29) is 30.5 Å². The highest BCUT2D eigenvalue weighted by Gasteiger charge is 2.33. The summed E-state index contributed by atoms with van der Waals surface area (Å²) in [5, 5.41) is 4.41. The maximum Gasteiger partial charge on any atom is 0.434 e. The van der Waals surface area contributed by atoms with Gasteiger partial charge in [0, 0.05) is 30.5 Å². The highest BCUT2D eigenvalue weighted by molar-refractivity contribution is 14.0. The van der Waals surface area contributed by atoms with Crippen LogP contribution < -0.4 is 5.32 Å². The molecule has 10 heteroatoms. The number of alkyl halides is 3. The van der Waals surface area contributed by atoms with E-state index in [4.69, 9.17) is 0 Å². The van der Waals surface area contributed by atoms with Gasteiger partial charge >= 0.3 is 6.18 Å². The van der Waals surface area contributed by atoms with E-state index in [0.29, 0.717) is 17.5 Å². The number of aliphatic imine (C=N–C) groups is 1. The summed E-state index contributed by atoms with van der Waals surface area (Å²) in [4.78, 5) is 9.64. The fourth-order valence-electron chi connectivity index (χ4n) is 2.02. The average molecular weight is 549 g/mol. The molecule has 1 heterocycles. The second kappa shape index (κ2) is 9.72. The number of thiazole rings is 1. The third-order valence-electron chi connectivity index (χ3n) is 3.18. The van der Waals surface area contributed by atoms with Crippen LogP contribution in [0.25, 0.3) is 0 Å². The van der Waals surface area contributed by atoms with E-state index in [9.17, 15) is 13.2 Å². The summed E-state index contributed by atoms with van der Waals surface area (Å²) in [5.41, 5.74) is 0.220. The van der Waals surface area contributed by atoms with Crippen LogP contribution in [0.2, 0.25) is 0 Å². The van der Waals surface area contributed by atoms with Gasteiger partial charge in [0.15, 0.2) is 11.7 Å². The summed E-state index contributed by atoms with van der Waals surface area (Å²) in [6.07, 6.45) is -4.41. The van der Waals surface area contributed by atoms with Crippen LogP contribution in [0.4, 0.5) is 13.2 Å². The van der Waals surface area contributed by atoms with Crippen molar-refractivity contribution in [1.29, 1.82) is 0 Å². The number of halogens is 5. The Hall–Kier alpha value is -0.880. The average Bonchev–Trinajstić information content (AvgIpc) is 2.99. The first-order chi connectivity index (χ1) is 11.3. The Morgan fingerprint density at radius 2 is 2.04 bits per heavy atom. The van der Waals surface area contributed by atoms with Crippen LogP contribution in [0.1, 0.15) is 16.3 Å². The molecule has 0 bridgehead atoms. The smallest absolute Gasteiger partial charge is 0.350 e. The fraction of sp³-hybridized carbons (Fsp3) is 0.333. The zero-order valence-corrected chi connectivity index (χ0v) is 18.2. The van der Waals surface area contributed by atoms with Crippen LogP contribution in [-0.4, -0.2) is 29.9 Å². The van der Waals surface area contributed by atoms with E-state index in [0.717, 1.165) is 26.8 Å². The highest BCUT2D eigenvalue weighted by atomic mass is 127. The van der Waals surface area contributed by atoms with Gasteiger partial charge in [-0.2, -0.15) is 13.2 Å². The molecule has 0 aliphatic carbocycles. The number of nitrogens with zero attached hydrogens (tertiary/aromatic N) is 3. The van der Waals surface area contributed by atoms with Gasteiger partial charge in [-0.05, 0) is 11.6 Å². The number of hydrogen-bond acceptors (Lipinski definition) is 3. The van der Waals surface area contributed by atoms with Crippen LogP contribution in [0, 0.1) is 0 Å². The Balaban J connectivity index is 0.00000312.